The summed E-state index contributed by atoms with van der Waals surface area (Å²) in [6.07, 6.45) is 3.11. The number of amides is 1. The van der Waals surface area contributed by atoms with Crippen LogP contribution in [0, 0.1) is 0 Å². The van der Waals surface area contributed by atoms with E-state index in [1.807, 2.05) is 0 Å². The molecule has 1 heterocycles. The van der Waals surface area contributed by atoms with Crippen LogP contribution in [0.5, 0.6) is 5.75 Å². The number of methoxy groups -OCH3 is 1. The van der Waals surface area contributed by atoms with E-state index in [-0.39, 0.29) is 5.91 Å². The van der Waals surface area contributed by atoms with Gasteiger partial charge >= 0.3 is 0 Å². The van der Waals surface area contributed by atoms with Crippen LogP contribution in [0.15, 0.2) is 30.6 Å². The molecule has 0 aliphatic rings. The maximum Gasteiger partial charge on any atom is 0.255 e. The lowest BCUT2D eigenvalue weighted by atomic mass is 10.2. The van der Waals surface area contributed by atoms with E-state index < -0.39 is 0 Å². The summed E-state index contributed by atoms with van der Waals surface area (Å²) in [5.41, 5.74) is 7.23. The number of nitrogens with two attached hydrogens (primary N) is 1. The average molecular weight is 232 g/mol. The molecular weight excluding hydrogens is 220 g/mol. The van der Waals surface area contributed by atoms with Crippen molar-refractivity contribution in [1.82, 2.24) is 10.2 Å². The second-order valence-corrected chi connectivity index (χ2v) is 3.40. The Morgan fingerprint density at radius 2 is 2.35 bits per heavy atom. The minimum atomic E-state index is -0.246. The van der Waals surface area contributed by atoms with Crippen LogP contribution in [0.4, 0.5) is 11.4 Å². The third kappa shape index (κ3) is 2.36. The number of benzene rings is 1. The highest BCUT2D eigenvalue weighted by molar-refractivity contribution is 6.04. The molecule has 88 valence electrons. The van der Waals surface area contributed by atoms with Crippen molar-refractivity contribution in [2.24, 2.45) is 0 Å². The van der Waals surface area contributed by atoms with Gasteiger partial charge in [0.15, 0.2) is 0 Å². The summed E-state index contributed by atoms with van der Waals surface area (Å²) in [7, 11) is 1.50. The van der Waals surface area contributed by atoms with Crippen molar-refractivity contribution < 1.29 is 9.53 Å². The van der Waals surface area contributed by atoms with Crippen LogP contribution in [0.25, 0.3) is 0 Å². The molecule has 1 aromatic heterocycles. The predicted octanol–water partition coefficient (Wildman–Crippen LogP) is 1.25. The van der Waals surface area contributed by atoms with Crippen LogP contribution in [-0.4, -0.2) is 23.2 Å². The number of carbonyl (C=O) groups is 1. The lowest BCUT2D eigenvalue weighted by Crippen LogP contribution is -2.11. The number of aromatic nitrogens is 2. The second-order valence-electron chi connectivity index (χ2n) is 3.40. The van der Waals surface area contributed by atoms with Gasteiger partial charge in [-0.1, -0.05) is 0 Å². The molecule has 4 N–H and O–H groups in total. The zero-order valence-corrected chi connectivity index (χ0v) is 9.23. The Morgan fingerprint density at radius 1 is 1.53 bits per heavy atom. The molecule has 0 unspecified atom stereocenters. The summed E-state index contributed by atoms with van der Waals surface area (Å²) in [6, 6.07) is 4.85. The van der Waals surface area contributed by atoms with Gasteiger partial charge in [-0.05, 0) is 18.2 Å². The fourth-order valence-corrected chi connectivity index (χ4v) is 1.37. The summed E-state index contributed by atoms with van der Waals surface area (Å²) in [5, 5.41) is 9.02. The van der Waals surface area contributed by atoms with Gasteiger partial charge < -0.3 is 15.8 Å². The highest BCUT2D eigenvalue weighted by atomic mass is 16.5. The number of H-pyrrole nitrogens is 1. The topological polar surface area (TPSA) is 93.0 Å². The molecule has 0 bridgehead atoms. The number of carbonyl (C=O) groups excluding carboxylic acids is 1. The molecule has 1 aromatic carbocycles. The zero-order chi connectivity index (χ0) is 12.3. The summed E-state index contributed by atoms with van der Waals surface area (Å²) in [4.78, 5) is 11.8. The largest absolute Gasteiger partial charge is 0.495 e. The van der Waals surface area contributed by atoms with E-state index in [1.54, 1.807) is 24.4 Å². The number of nitrogens with zero attached hydrogens (tertiary/aromatic N) is 1. The highest BCUT2D eigenvalue weighted by Crippen LogP contribution is 2.22. The molecule has 6 heteroatoms. The van der Waals surface area contributed by atoms with Gasteiger partial charge in [0, 0.05) is 11.8 Å². The number of ether oxygens (including phenoxy) is 1. The third-order valence-corrected chi connectivity index (χ3v) is 2.25. The van der Waals surface area contributed by atoms with Crippen LogP contribution < -0.4 is 15.8 Å². The lowest BCUT2D eigenvalue weighted by Gasteiger charge is -2.07. The van der Waals surface area contributed by atoms with E-state index in [0.29, 0.717) is 22.7 Å². The number of nitrogen functional groups attached to an aromatic ring is 1. The molecule has 0 saturated heterocycles. The van der Waals surface area contributed by atoms with Crippen molar-refractivity contribution in [2.75, 3.05) is 18.2 Å². The lowest BCUT2D eigenvalue weighted by molar-refractivity contribution is 0.102. The molecular formula is C11H12N4O2. The van der Waals surface area contributed by atoms with E-state index in [0.717, 1.165) is 0 Å². The Bertz CT molecular complexity index is 522. The first-order chi connectivity index (χ1) is 8.20. The first kappa shape index (κ1) is 11.0. The molecule has 0 spiro atoms. The van der Waals surface area contributed by atoms with E-state index in [2.05, 4.69) is 15.5 Å². The van der Waals surface area contributed by atoms with Crippen LogP contribution in [0.3, 0.4) is 0 Å². The highest BCUT2D eigenvalue weighted by Gasteiger charge is 2.09. The fourth-order valence-electron chi connectivity index (χ4n) is 1.37. The summed E-state index contributed by atoms with van der Waals surface area (Å²) >= 11 is 0. The van der Waals surface area contributed by atoms with Crippen molar-refractivity contribution in [3.8, 4) is 5.75 Å². The molecule has 0 fully saturated rings. The predicted molar refractivity (Wildman–Crippen MR) is 63.9 cm³/mol. The Kier molecular flexibility index (Phi) is 2.95. The smallest absolute Gasteiger partial charge is 0.255 e. The Morgan fingerprint density at radius 3 is 3.00 bits per heavy atom. The number of aromatic amines is 1. The fraction of sp³-hybridized carbons (Fsp3) is 0.0909. The van der Waals surface area contributed by atoms with E-state index in [1.165, 1.54) is 13.3 Å². The molecule has 1 amide bonds. The number of hydrogen-bond donors (Lipinski definition) is 3. The molecule has 0 saturated carbocycles. The monoisotopic (exact) mass is 232 g/mol. The quantitative estimate of drug-likeness (QED) is 0.694. The minimum absolute atomic E-state index is 0.246. The second kappa shape index (κ2) is 4.56. The van der Waals surface area contributed by atoms with Gasteiger partial charge in [-0.25, -0.2) is 0 Å². The molecule has 0 radical (unpaired) electrons. The summed E-state index contributed by atoms with van der Waals surface area (Å²) in [5.74, 6) is 0.231. The Hall–Kier alpha value is -2.50. The van der Waals surface area contributed by atoms with Gasteiger partial charge in [-0.15, -0.1) is 0 Å². The van der Waals surface area contributed by atoms with E-state index in [9.17, 15) is 4.79 Å². The SMILES string of the molecule is COc1cc(C(=O)Nc2cn[nH]c2)ccc1N. The number of anilines is 2. The van der Waals surface area contributed by atoms with E-state index in [4.69, 9.17) is 10.5 Å². The van der Waals surface area contributed by atoms with Crippen molar-refractivity contribution in [1.29, 1.82) is 0 Å². The van der Waals surface area contributed by atoms with Gasteiger partial charge in [0.2, 0.25) is 0 Å². The van der Waals surface area contributed by atoms with Gasteiger partial charge in [-0.3, -0.25) is 9.89 Å². The molecule has 17 heavy (non-hydrogen) atoms. The van der Waals surface area contributed by atoms with Gasteiger partial charge in [-0.2, -0.15) is 5.10 Å². The van der Waals surface area contributed by atoms with Crippen LogP contribution in [-0.2, 0) is 0 Å². The van der Waals surface area contributed by atoms with E-state index >= 15 is 0 Å². The number of rotatable bonds is 3. The normalized spacial score (nSPS) is 9.94. The zero-order valence-electron chi connectivity index (χ0n) is 9.23. The third-order valence-electron chi connectivity index (χ3n) is 2.25. The van der Waals surface area contributed by atoms with Crippen molar-refractivity contribution in [3.63, 3.8) is 0 Å². The Labute approximate surface area is 97.8 Å². The Balaban J connectivity index is 2.19. The summed E-state index contributed by atoms with van der Waals surface area (Å²) < 4.78 is 5.05. The van der Waals surface area contributed by atoms with Crippen LogP contribution >= 0.6 is 0 Å². The van der Waals surface area contributed by atoms with Gasteiger partial charge in [0.05, 0.1) is 24.7 Å². The molecule has 0 aliphatic carbocycles. The minimum Gasteiger partial charge on any atom is -0.495 e. The first-order valence-corrected chi connectivity index (χ1v) is 4.94. The molecule has 0 aliphatic heterocycles. The number of nitrogens with one attached hydrogen (secondary N) is 2. The van der Waals surface area contributed by atoms with Crippen molar-refractivity contribution in [3.05, 3.63) is 36.2 Å². The summed E-state index contributed by atoms with van der Waals surface area (Å²) in [6.45, 7) is 0. The maximum absolute atomic E-state index is 11.8. The molecule has 2 rings (SSSR count). The molecule has 2 aromatic rings. The van der Waals surface area contributed by atoms with Crippen molar-refractivity contribution in [2.45, 2.75) is 0 Å². The van der Waals surface area contributed by atoms with Gasteiger partial charge in [0.1, 0.15) is 5.75 Å². The molecule has 6 nitrogen and oxygen atoms in total. The van der Waals surface area contributed by atoms with Gasteiger partial charge in [0.25, 0.3) is 5.91 Å². The van der Waals surface area contributed by atoms with Crippen molar-refractivity contribution >= 4 is 17.3 Å². The average Bonchev–Trinajstić information content (AvgIpc) is 2.82. The standard InChI is InChI=1S/C11H12N4O2/c1-17-10-4-7(2-3-9(10)12)11(16)15-8-5-13-14-6-8/h2-6H,12H2,1H3,(H,13,14)(H,15,16). The first-order valence-electron chi connectivity index (χ1n) is 4.94. The number of hydrogen-bond acceptors (Lipinski definition) is 4. The van der Waals surface area contributed by atoms with Crippen LogP contribution in [0.2, 0.25) is 0 Å². The maximum atomic E-state index is 11.8. The van der Waals surface area contributed by atoms with Crippen LogP contribution in [0.1, 0.15) is 10.4 Å². The molecule has 0 atom stereocenters.